The molecule has 0 spiro atoms. The monoisotopic (exact) mass is 384 g/mol. The Kier molecular flexibility index (Phi) is 4.72. The van der Waals surface area contributed by atoms with Crippen LogP contribution in [0.4, 0.5) is 13.2 Å². The van der Waals surface area contributed by atoms with Crippen molar-refractivity contribution in [2.24, 2.45) is 5.92 Å². The number of nitrogens with one attached hydrogen (secondary N) is 1. The van der Waals surface area contributed by atoms with Crippen LogP contribution in [-0.2, 0) is 17.5 Å². The van der Waals surface area contributed by atoms with E-state index < -0.39 is 17.8 Å². The largest absolute Gasteiger partial charge is 0.435 e. The topological polar surface area (TPSA) is 50.2 Å². The second-order valence-corrected chi connectivity index (χ2v) is 8.54. The average Bonchev–Trinajstić information content (AvgIpc) is 3.31. The number of fused-ring (bicyclic) bond motifs is 2. The van der Waals surface area contributed by atoms with Crippen molar-refractivity contribution in [2.75, 3.05) is 7.05 Å². The molecule has 3 unspecified atom stereocenters. The number of aromatic nitrogens is 2. The number of alkyl halides is 3. The van der Waals surface area contributed by atoms with Crippen LogP contribution in [-0.4, -0.2) is 45.8 Å². The van der Waals surface area contributed by atoms with Crippen LogP contribution < -0.4 is 5.32 Å². The van der Waals surface area contributed by atoms with Crippen LogP contribution >= 0.6 is 0 Å². The molecule has 3 fully saturated rings. The molecule has 4 rings (SSSR count). The van der Waals surface area contributed by atoms with Gasteiger partial charge in [-0.1, -0.05) is 6.92 Å². The third-order valence-electron chi connectivity index (χ3n) is 6.44. The highest BCUT2D eigenvalue weighted by atomic mass is 19.4. The number of rotatable bonds is 5. The van der Waals surface area contributed by atoms with Gasteiger partial charge >= 0.3 is 6.18 Å². The highest BCUT2D eigenvalue weighted by molar-refractivity contribution is 5.78. The van der Waals surface area contributed by atoms with Crippen LogP contribution in [0.15, 0.2) is 6.07 Å². The number of carbonyl (C=O) groups excluding carboxylic acids is 1. The van der Waals surface area contributed by atoms with E-state index in [9.17, 15) is 18.0 Å². The summed E-state index contributed by atoms with van der Waals surface area (Å²) in [7, 11) is 2.15. The number of halogens is 3. The molecule has 0 aromatic carbocycles. The Morgan fingerprint density at radius 2 is 1.89 bits per heavy atom. The molecule has 0 radical (unpaired) electrons. The predicted octanol–water partition coefficient (Wildman–Crippen LogP) is 3.16. The number of amides is 1. The predicted molar refractivity (Wildman–Crippen MR) is 94.1 cm³/mol. The van der Waals surface area contributed by atoms with Gasteiger partial charge in [-0.05, 0) is 51.6 Å². The summed E-state index contributed by atoms with van der Waals surface area (Å²) in [6.07, 6.45) is 1.61. The third kappa shape index (κ3) is 3.86. The van der Waals surface area contributed by atoms with E-state index in [1.165, 1.54) is 17.5 Å². The minimum absolute atomic E-state index is 0.0882. The first-order valence-electron chi connectivity index (χ1n) is 9.89. The minimum atomic E-state index is -4.45. The van der Waals surface area contributed by atoms with Crippen molar-refractivity contribution >= 4 is 5.91 Å². The van der Waals surface area contributed by atoms with Crippen LogP contribution in [0, 0.1) is 5.92 Å². The van der Waals surface area contributed by atoms with Gasteiger partial charge in [-0.3, -0.25) is 9.48 Å². The molecule has 150 valence electrons. The number of nitrogens with zero attached hydrogens (tertiary/aromatic N) is 3. The van der Waals surface area contributed by atoms with Gasteiger partial charge in [0.1, 0.15) is 0 Å². The molecule has 1 saturated carbocycles. The Hall–Kier alpha value is -1.57. The van der Waals surface area contributed by atoms with Gasteiger partial charge in [-0.15, -0.1) is 0 Å². The molecule has 1 N–H and O–H groups in total. The normalized spacial score (nSPS) is 29.7. The average molecular weight is 384 g/mol. The fourth-order valence-electron chi connectivity index (χ4n) is 4.64. The lowest BCUT2D eigenvalue weighted by atomic mass is 9.97. The van der Waals surface area contributed by atoms with Crippen molar-refractivity contribution in [1.82, 2.24) is 20.0 Å². The SMILES string of the molecule is CC(Cn1nc(C(F)(F)F)cc1C1CC1)C(=O)NC1CC2CCC(C1)N2C. The van der Waals surface area contributed by atoms with Crippen LogP contribution in [0.1, 0.15) is 62.8 Å². The molecule has 3 heterocycles. The molecule has 8 heteroatoms. The van der Waals surface area contributed by atoms with E-state index >= 15 is 0 Å². The Morgan fingerprint density at radius 3 is 2.44 bits per heavy atom. The van der Waals surface area contributed by atoms with Crippen molar-refractivity contribution in [3.8, 4) is 0 Å². The fraction of sp³-hybridized carbons (Fsp3) is 0.789. The Bertz CT molecular complexity index is 698. The van der Waals surface area contributed by atoms with Gasteiger partial charge in [0.15, 0.2) is 5.69 Å². The summed E-state index contributed by atoms with van der Waals surface area (Å²) in [6.45, 7) is 1.96. The van der Waals surface area contributed by atoms with Crippen molar-refractivity contribution in [1.29, 1.82) is 0 Å². The minimum Gasteiger partial charge on any atom is -0.353 e. The van der Waals surface area contributed by atoms with Crippen LogP contribution in [0.25, 0.3) is 0 Å². The first-order chi connectivity index (χ1) is 12.7. The van der Waals surface area contributed by atoms with Crippen LogP contribution in [0.2, 0.25) is 0 Å². The molecular formula is C19H27F3N4O. The quantitative estimate of drug-likeness (QED) is 0.849. The van der Waals surface area contributed by atoms with Gasteiger partial charge in [0, 0.05) is 29.7 Å². The third-order valence-corrected chi connectivity index (χ3v) is 6.44. The van der Waals surface area contributed by atoms with Gasteiger partial charge in [-0.25, -0.2) is 0 Å². The Balaban J connectivity index is 1.39. The highest BCUT2D eigenvalue weighted by Gasteiger charge is 2.40. The van der Waals surface area contributed by atoms with E-state index in [1.807, 2.05) is 0 Å². The second kappa shape index (κ2) is 6.79. The lowest BCUT2D eigenvalue weighted by Gasteiger charge is -2.37. The van der Waals surface area contributed by atoms with Gasteiger partial charge in [0.2, 0.25) is 5.91 Å². The molecule has 2 saturated heterocycles. The summed E-state index contributed by atoms with van der Waals surface area (Å²) < 4.78 is 40.5. The van der Waals surface area contributed by atoms with Crippen molar-refractivity contribution in [2.45, 2.75) is 82.2 Å². The molecule has 27 heavy (non-hydrogen) atoms. The molecule has 2 aliphatic heterocycles. The van der Waals surface area contributed by atoms with Crippen molar-refractivity contribution in [3.05, 3.63) is 17.5 Å². The van der Waals surface area contributed by atoms with Crippen LogP contribution in [0.3, 0.4) is 0 Å². The standard InChI is InChI=1S/C19H27F3N4O/c1-11(18(27)23-13-7-14-5-6-15(8-13)25(14)2)10-26-16(12-3-4-12)9-17(24-26)19(20,21)22/h9,11-15H,3-8,10H2,1-2H3,(H,23,27). The smallest absolute Gasteiger partial charge is 0.353 e. The zero-order valence-corrected chi connectivity index (χ0v) is 15.8. The highest BCUT2D eigenvalue weighted by Crippen LogP contribution is 2.42. The van der Waals surface area contributed by atoms with E-state index in [0.717, 1.165) is 31.7 Å². The maximum absolute atomic E-state index is 13.0. The summed E-state index contributed by atoms with van der Waals surface area (Å²) in [4.78, 5) is 15.1. The summed E-state index contributed by atoms with van der Waals surface area (Å²) in [5.41, 5.74) is -0.247. The van der Waals surface area contributed by atoms with E-state index in [2.05, 4.69) is 22.4 Å². The summed E-state index contributed by atoms with van der Waals surface area (Å²) in [5.74, 6) is -0.357. The Morgan fingerprint density at radius 1 is 1.26 bits per heavy atom. The van der Waals surface area contributed by atoms with E-state index in [-0.39, 0.29) is 24.4 Å². The fourth-order valence-corrected chi connectivity index (χ4v) is 4.64. The molecule has 5 nitrogen and oxygen atoms in total. The van der Waals surface area contributed by atoms with E-state index in [1.54, 1.807) is 6.92 Å². The first-order valence-corrected chi connectivity index (χ1v) is 9.89. The zero-order chi connectivity index (χ0) is 19.3. The van der Waals surface area contributed by atoms with Crippen molar-refractivity contribution < 1.29 is 18.0 Å². The molecule has 3 aliphatic rings. The van der Waals surface area contributed by atoms with Gasteiger partial charge in [-0.2, -0.15) is 18.3 Å². The molecular weight excluding hydrogens is 357 g/mol. The number of carbonyl (C=O) groups is 1. The number of hydrogen-bond donors (Lipinski definition) is 1. The first kappa shape index (κ1) is 18.8. The van der Waals surface area contributed by atoms with E-state index in [4.69, 9.17) is 0 Å². The molecule has 1 amide bonds. The van der Waals surface area contributed by atoms with Gasteiger partial charge < -0.3 is 10.2 Å². The van der Waals surface area contributed by atoms with Crippen molar-refractivity contribution in [3.63, 3.8) is 0 Å². The van der Waals surface area contributed by atoms with Crippen LogP contribution in [0.5, 0.6) is 0 Å². The summed E-state index contributed by atoms with van der Waals surface area (Å²) in [6, 6.07) is 2.38. The molecule has 1 aromatic heterocycles. The number of hydrogen-bond acceptors (Lipinski definition) is 3. The summed E-state index contributed by atoms with van der Waals surface area (Å²) >= 11 is 0. The number of piperidine rings is 1. The van der Waals surface area contributed by atoms with E-state index in [0.29, 0.717) is 17.8 Å². The molecule has 1 aromatic rings. The second-order valence-electron chi connectivity index (χ2n) is 8.54. The lowest BCUT2D eigenvalue weighted by molar-refractivity contribution is -0.141. The molecule has 3 atom stereocenters. The maximum Gasteiger partial charge on any atom is 0.435 e. The molecule has 1 aliphatic carbocycles. The summed E-state index contributed by atoms with van der Waals surface area (Å²) in [5, 5.41) is 6.89. The Labute approximate surface area is 157 Å². The lowest BCUT2D eigenvalue weighted by Crippen LogP contribution is -2.50. The van der Waals surface area contributed by atoms with Gasteiger partial charge in [0.25, 0.3) is 0 Å². The van der Waals surface area contributed by atoms with Gasteiger partial charge in [0.05, 0.1) is 12.5 Å². The molecule has 2 bridgehead atoms. The zero-order valence-electron chi connectivity index (χ0n) is 15.8. The maximum atomic E-state index is 13.0.